The molecule has 6 rings (SSSR count). The summed E-state index contributed by atoms with van der Waals surface area (Å²) in [5.41, 5.74) is 5.54. The van der Waals surface area contributed by atoms with Crippen LogP contribution < -0.4 is 14.5 Å². The van der Waals surface area contributed by atoms with Gasteiger partial charge in [0.2, 0.25) is 5.95 Å². The lowest BCUT2D eigenvalue weighted by molar-refractivity contribution is 0.0515. The van der Waals surface area contributed by atoms with Crippen LogP contribution in [-0.4, -0.2) is 87.4 Å². The van der Waals surface area contributed by atoms with Crippen LogP contribution in [0.25, 0.3) is 22.3 Å². The summed E-state index contributed by atoms with van der Waals surface area (Å²) in [6.45, 7) is 6.67. The monoisotopic (exact) mass is 544 g/mol. The van der Waals surface area contributed by atoms with Gasteiger partial charge in [-0.2, -0.15) is 0 Å². The van der Waals surface area contributed by atoms with E-state index in [1.165, 1.54) is 10.5 Å². The minimum absolute atomic E-state index is 0.0134. The minimum Gasteiger partial charge on any atom is -0.467 e. The molecule has 2 aliphatic rings. The molecule has 0 aliphatic carbocycles. The number of nitrogens with zero attached hydrogens (tertiary/aromatic N) is 7. The van der Waals surface area contributed by atoms with Crippen LogP contribution in [0.4, 0.5) is 16.4 Å². The molecule has 12 heteroatoms. The van der Waals surface area contributed by atoms with Gasteiger partial charge >= 0.3 is 6.09 Å². The van der Waals surface area contributed by atoms with Gasteiger partial charge < -0.3 is 34.3 Å². The van der Waals surface area contributed by atoms with E-state index in [1.807, 2.05) is 43.6 Å². The average molecular weight is 545 g/mol. The largest absolute Gasteiger partial charge is 0.467 e. The summed E-state index contributed by atoms with van der Waals surface area (Å²) >= 11 is 0. The van der Waals surface area contributed by atoms with Crippen molar-refractivity contribution in [3.63, 3.8) is 0 Å². The van der Waals surface area contributed by atoms with E-state index in [4.69, 9.17) is 19.4 Å². The zero-order valence-electron chi connectivity index (χ0n) is 22.7. The van der Waals surface area contributed by atoms with Crippen LogP contribution in [0.3, 0.4) is 0 Å². The Balaban J connectivity index is 1.26. The van der Waals surface area contributed by atoms with Gasteiger partial charge in [0, 0.05) is 68.0 Å². The molecular formula is C28H32N8O4. The predicted octanol–water partition coefficient (Wildman–Crippen LogP) is 3.71. The molecule has 0 bridgehead atoms. The summed E-state index contributed by atoms with van der Waals surface area (Å²) in [6.07, 6.45) is 3.60. The van der Waals surface area contributed by atoms with Crippen LogP contribution in [0.5, 0.6) is 5.75 Å². The van der Waals surface area contributed by atoms with E-state index in [-0.39, 0.29) is 18.9 Å². The highest BCUT2D eigenvalue weighted by atomic mass is 16.7. The molecule has 208 valence electrons. The van der Waals surface area contributed by atoms with E-state index in [0.717, 1.165) is 46.6 Å². The number of rotatable bonds is 6. The Morgan fingerprint density at radius 1 is 1.12 bits per heavy atom. The minimum atomic E-state index is -0.878. The van der Waals surface area contributed by atoms with Crippen molar-refractivity contribution in [2.45, 2.75) is 32.4 Å². The number of nitrogens with one attached hydrogen (secondary N) is 1. The maximum Gasteiger partial charge on any atom is 0.407 e. The maximum atomic E-state index is 11.4. The number of ether oxygens (including phenoxy) is 2. The third kappa shape index (κ3) is 4.64. The van der Waals surface area contributed by atoms with Crippen LogP contribution in [0.1, 0.15) is 31.1 Å². The number of para-hydroxylation sites is 1. The van der Waals surface area contributed by atoms with Gasteiger partial charge in [0.1, 0.15) is 5.75 Å². The standard InChI is InChI=1S/C28H32N8O4/c1-17-15-34(10-11-35(17)28(37)38)19-13-29-27(30-14-19)36-9-8-22-25(18(36)2)21-12-23(32-33-26(21)31-22)20-6-4-5-7-24(20)40-16-39-3/h4-7,12-14,17-18H,8-11,15-16H2,1-3H3,(H,31,33)(H,37,38)/t17-,18-/m1/s1. The third-order valence-corrected chi connectivity index (χ3v) is 7.78. The lowest BCUT2D eigenvalue weighted by Crippen LogP contribution is -2.53. The van der Waals surface area contributed by atoms with Gasteiger partial charge in [-0.25, -0.2) is 14.8 Å². The van der Waals surface area contributed by atoms with E-state index < -0.39 is 6.09 Å². The molecule has 12 nitrogen and oxygen atoms in total. The molecular weight excluding hydrogens is 512 g/mol. The molecule has 2 N–H and O–H groups in total. The molecule has 2 atom stereocenters. The van der Waals surface area contributed by atoms with Crippen molar-refractivity contribution in [1.29, 1.82) is 0 Å². The number of methoxy groups -OCH3 is 1. The fourth-order valence-corrected chi connectivity index (χ4v) is 5.75. The van der Waals surface area contributed by atoms with E-state index in [2.05, 4.69) is 38.0 Å². The van der Waals surface area contributed by atoms with Crippen molar-refractivity contribution in [1.82, 2.24) is 30.0 Å². The first-order valence-corrected chi connectivity index (χ1v) is 13.4. The fraction of sp³-hybridized carbons (Fsp3) is 0.393. The Hall–Kier alpha value is -4.45. The third-order valence-electron chi connectivity index (χ3n) is 7.78. The number of carbonyl (C=O) groups is 1. The van der Waals surface area contributed by atoms with Crippen molar-refractivity contribution in [3.05, 3.63) is 54.0 Å². The molecule has 0 saturated carbocycles. The summed E-state index contributed by atoms with van der Waals surface area (Å²) in [4.78, 5) is 30.2. The average Bonchev–Trinajstić information content (AvgIpc) is 3.35. The number of H-pyrrole nitrogens is 1. The Morgan fingerprint density at radius 2 is 1.93 bits per heavy atom. The number of benzene rings is 1. The normalized spacial score (nSPS) is 19.1. The smallest absolute Gasteiger partial charge is 0.407 e. The van der Waals surface area contributed by atoms with Gasteiger partial charge in [0.25, 0.3) is 0 Å². The summed E-state index contributed by atoms with van der Waals surface area (Å²) in [7, 11) is 1.59. The van der Waals surface area contributed by atoms with Gasteiger partial charge in [-0.3, -0.25) is 0 Å². The van der Waals surface area contributed by atoms with Gasteiger partial charge in [-0.1, -0.05) is 12.1 Å². The first-order valence-electron chi connectivity index (χ1n) is 13.4. The van der Waals surface area contributed by atoms with Crippen LogP contribution in [0.15, 0.2) is 42.7 Å². The van der Waals surface area contributed by atoms with Gasteiger partial charge in [-0.15, -0.1) is 10.2 Å². The fourth-order valence-electron chi connectivity index (χ4n) is 5.75. The molecule has 3 aromatic heterocycles. The highest BCUT2D eigenvalue weighted by molar-refractivity contribution is 5.86. The van der Waals surface area contributed by atoms with Gasteiger partial charge in [0.15, 0.2) is 12.4 Å². The first kappa shape index (κ1) is 25.8. The van der Waals surface area contributed by atoms with E-state index in [9.17, 15) is 9.90 Å². The van der Waals surface area contributed by atoms with Crippen LogP contribution in [0, 0.1) is 0 Å². The summed E-state index contributed by atoms with van der Waals surface area (Å²) < 4.78 is 10.9. The van der Waals surface area contributed by atoms with Gasteiger partial charge in [0.05, 0.1) is 29.8 Å². The second kappa shape index (κ2) is 10.6. The van der Waals surface area contributed by atoms with E-state index in [1.54, 1.807) is 7.11 Å². The number of carboxylic acid groups (broad SMARTS) is 1. The number of aromatic nitrogens is 5. The first-order chi connectivity index (χ1) is 19.4. The molecule has 4 aromatic rings. The van der Waals surface area contributed by atoms with E-state index >= 15 is 0 Å². The van der Waals surface area contributed by atoms with Crippen LogP contribution in [0.2, 0.25) is 0 Å². The number of fused-ring (bicyclic) bond motifs is 3. The SMILES string of the molecule is COCOc1ccccc1-c1cc2c3c([nH]c2nn1)CCN(c1ncc(N2CCN(C(=O)O)[C@H](C)C2)cn1)[C@@H]3C. The van der Waals surface area contributed by atoms with E-state index in [0.29, 0.717) is 31.3 Å². The molecule has 5 heterocycles. The zero-order valence-corrected chi connectivity index (χ0v) is 22.7. The van der Waals surface area contributed by atoms with Crippen molar-refractivity contribution >= 4 is 28.8 Å². The lowest BCUT2D eigenvalue weighted by atomic mass is 9.97. The maximum absolute atomic E-state index is 11.4. The van der Waals surface area contributed by atoms with Gasteiger partial charge in [-0.05, 0) is 32.0 Å². The topological polar surface area (TPSA) is 133 Å². The lowest BCUT2D eigenvalue weighted by Gasteiger charge is -2.39. The predicted molar refractivity (Wildman–Crippen MR) is 150 cm³/mol. The molecule has 2 aliphatic heterocycles. The second-order valence-corrected chi connectivity index (χ2v) is 10.2. The summed E-state index contributed by atoms with van der Waals surface area (Å²) in [5, 5.41) is 19.4. The molecule has 1 amide bonds. The van der Waals surface area contributed by atoms with Crippen molar-refractivity contribution in [3.8, 4) is 17.0 Å². The quantitative estimate of drug-likeness (QED) is 0.346. The number of hydrogen-bond acceptors (Lipinski definition) is 9. The molecule has 0 radical (unpaired) electrons. The molecule has 0 spiro atoms. The van der Waals surface area contributed by atoms with Crippen molar-refractivity contribution < 1.29 is 19.4 Å². The number of anilines is 2. The zero-order chi connectivity index (χ0) is 27.8. The van der Waals surface area contributed by atoms with Crippen molar-refractivity contribution in [2.75, 3.05) is 49.9 Å². The van der Waals surface area contributed by atoms with Crippen molar-refractivity contribution in [2.24, 2.45) is 0 Å². The number of hydrogen-bond donors (Lipinski definition) is 2. The number of piperazine rings is 1. The molecule has 1 fully saturated rings. The number of aromatic amines is 1. The molecule has 1 saturated heterocycles. The Morgan fingerprint density at radius 3 is 2.67 bits per heavy atom. The Labute approximate surface area is 231 Å². The highest BCUT2D eigenvalue weighted by Gasteiger charge is 2.31. The highest BCUT2D eigenvalue weighted by Crippen LogP contribution is 2.38. The van der Waals surface area contributed by atoms with Crippen LogP contribution >= 0.6 is 0 Å². The van der Waals surface area contributed by atoms with Crippen LogP contribution in [-0.2, 0) is 11.2 Å². The second-order valence-electron chi connectivity index (χ2n) is 10.2. The molecule has 0 unspecified atom stereocenters. The Kier molecular flexibility index (Phi) is 6.84. The Bertz CT molecular complexity index is 1520. The molecule has 40 heavy (non-hydrogen) atoms. The summed E-state index contributed by atoms with van der Waals surface area (Å²) in [6, 6.07) is 9.71. The summed E-state index contributed by atoms with van der Waals surface area (Å²) in [5.74, 6) is 1.35. The molecule has 1 aromatic carbocycles. The number of amides is 1.